The van der Waals surface area contributed by atoms with Crippen LogP contribution in [0, 0.1) is 5.82 Å². The zero-order valence-corrected chi connectivity index (χ0v) is 9.83. The van der Waals surface area contributed by atoms with E-state index >= 15 is 0 Å². The Kier molecular flexibility index (Phi) is 3.62. The Morgan fingerprint density at radius 2 is 1.88 bits per heavy atom. The number of rotatable bonds is 2. The predicted molar refractivity (Wildman–Crippen MR) is 65.4 cm³/mol. The lowest BCUT2D eigenvalue weighted by atomic mass is 9.94. The summed E-state index contributed by atoms with van der Waals surface area (Å²) in [6, 6.07) is 6.42. The normalized spacial score (nSPS) is 25.7. The highest BCUT2D eigenvalue weighted by Crippen LogP contribution is 2.24. The molecule has 1 saturated heterocycles. The second-order valence-corrected chi connectivity index (χ2v) is 4.81. The van der Waals surface area contributed by atoms with Gasteiger partial charge in [-0.15, -0.1) is 0 Å². The summed E-state index contributed by atoms with van der Waals surface area (Å²) in [5, 5.41) is 0. The van der Waals surface area contributed by atoms with Gasteiger partial charge in [0.1, 0.15) is 12.5 Å². The maximum atomic E-state index is 12.8. The van der Waals surface area contributed by atoms with E-state index in [1.165, 1.54) is 12.1 Å². The van der Waals surface area contributed by atoms with Gasteiger partial charge >= 0.3 is 0 Å². The van der Waals surface area contributed by atoms with Gasteiger partial charge in [-0.05, 0) is 43.5 Å². The number of halogens is 2. The monoisotopic (exact) mass is 240 g/mol. The van der Waals surface area contributed by atoms with Crippen molar-refractivity contribution in [2.24, 2.45) is 5.73 Å². The molecule has 2 nitrogen and oxygen atoms in total. The predicted octanol–water partition coefficient (Wildman–Crippen LogP) is 2.48. The molecule has 1 aliphatic rings. The van der Waals surface area contributed by atoms with Crippen LogP contribution in [0.3, 0.4) is 0 Å². The van der Waals surface area contributed by atoms with Gasteiger partial charge in [0.05, 0.1) is 0 Å². The minimum Gasteiger partial charge on any atom is -0.371 e. The average molecular weight is 240 g/mol. The lowest BCUT2D eigenvalue weighted by Crippen LogP contribution is -2.43. The first-order chi connectivity index (χ1) is 8.13. The molecule has 4 heteroatoms. The highest BCUT2D eigenvalue weighted by Gasteiger charge is 2.28. The van der Waals surface area contributed by atoms with Gasteiger partial charge in [0.15, 0.2) is 0 Å². The molecule has 1 heterocycles. The third kappa shape index (κ3) is 2.94. The van der Waals surface area contributed by atoms with Gasteiger partial charge in [0.25, 0.3) is 0 Å². The molecule has 94 valence electrons. The Hall–Kier alpha value is -1.16. The molecule has 1 fully saturated rings. The summed E-state index contributed by atoms with van der Waals surface area (Å²) < 4.78 is 25.7. The lowest BCUT2D eigenvalue weighted by Gasteiger charge is -2.25. The number of alkyl halides is 1. The van der Waals surface area contributed by atoms with Crippen molar-refractivity contribution in [3.8, 4) is 0 Å². The fourth-order valence-corrected chi connectivity index (χ4v) is 2.26. The minimum atomic E-state index is -0.672. The van der Waals surface area contributed by atoms with Crippen LogP contribution in [0.1, 0.15) is 19.3 Å². The molecule has 1 unspecified atom stereocenters. The first-order valence-corrected chi connectivity index (χ1v) is 5.98. The molecule has 0 amide bonds. The molecule has 0 aromatic heterocycles. The largest absolute Gasteiger partial charge is 0.371 e. The second kappa shape index (κ2) is 5.00. The summed E-state index contributed by atoms with van der Waals surface area (Å²) >= 11 is 0. The smallest absolute Gasteiger partial charge is 0.123 e. The third-order valence-electron chi connectivity index (χ3n) is 3.44. The van der Waals surface area contributed by atoms with E-state index in [9.17, 15) is 8.78 Å². The molecule has 0 bridgehead atoms. The van der Waals surface area contributed by atoms with E-state index in [0.29, 0.717) is 12.8 Å². The molecule has 2 N–H and O–H groups in total. The molecule has 17 heavy (non-hydrogen) atoms. The van der Waals surface area contributed by atoms with Crippen LogP contribution in [0.4, 0.5) is 14.5 Å². The van der Waals surface area contributed by atoms with Gasteiger partial charge in [0, 0.05) is 24.3 Å². The Balaban J connectivity index is 2.06. The Labute approximate surface area is 100 Å². The van der Waals surface area contributed by atoms with Crippen LogP contribution < -0.4 is 10.6 Å². The van der Waals surface area contributed by atoms with Gasteiger partial charge in [-0.3, -0.25) is 0 Å². The van der Waals surface area contributed by atoms with Gasteiger partial charge in [-0.1, -0.05) is 0 Å². The molecule has 1 aromatic rings. The first kappa shape index (κ1) is 12.3. The van der Waals surface area contributed by atoms with Crippen molar-refractivity contribution < 1.29 is 8.78 Å². The number of hydrogen-bond acceptors (Lipinski definition) is 2. The first-order valence-electron chi connectivity index (χ1n) is 5.98. The lowest BCUT2D eigenvalue weighted by molar-refractivity contribution is 0.282. The van der Waals surface area contributed by atoms with Crippen LogP contribution in [0.2, 0.25) is 0 Å². The van der Waals surface area contributed by atoms with Gasteiger partial charge in [-0.25, -0.2) is 8.78 Å². The van der Waals surface area contributed by atoms with E-state index in [2.05, 4.69) is 4.90 Å². The summed E-state index contributed by atoms with van der Waals surface area (Å²) in [5.74, 6) is -0.236. The summed E-state index contributed by atoms with van der Waals surface area (Å²) in [6.07, 6.45) is 2.22. The highest BCUT2D eigenvalue weighted by atomic mass is 19.1. The Morgan fingerprint density at radius 1 is 1.18 bits per heavy atom. The molecule has 1 aliphatic heterocycles. The van der Waals surface area contributed by atoms with Crippen molar-refractivity contribution in [1.82, 2.24) is 0 Å². The second-order valence-electron chi connectivity index (χ2n) is 4.81. The standard InChI is InChI=1S/C13H18F2N2/c14-10-13(16)6-1-8-17(9-7-13)12-4-2-11(15)3-5-12/h2-5H,1,6-10,16H2. The zero-order valence-electron chi connectivity index (χ0n) is 9.83. The van der Waals surface area contributed by atoms with Gasteiger partial charge in [0.2, 0.25) is 0 Å². The fraction of sp³-hybridized carbons (Fsp3) is 0.538. The number of benzene rings is 1. The van der Waals surface area contributed by atoms with E-state index < -0.39 is 12.2 Å². The molecule has 1 aromatic carbocycles. The Morgan fingerprint density at radius 3 is 2.53 bits per heavy atom. The molecule has 0 spiro atoms. The van der Waals surface area contributed by atoms with Crippen LogP contribution in [0.5, 0.6) is 0 Å². The highest BCUT2D eigenvalue weighted by molar-refractivity contribution is 5.46. The van der Waals surface area contributed by atoms with Crippen molar-refractivity contribution in [2.75, 3.05) is 24.7 Å². The quantitative estimate of drug-likeness (QED) is 0.860. The van der Waals surface area contributed by atoms with Crippen LogP contribution >= 0.6 is 0 Å². The maximum Gasteiger partial charge on any atom is 0.123 e. The van der Waals surface area contributed by atoms with Crippen molar-refractivity contribution in [1.29, 1.82) is 0 Å². The SMILES string of the molecule is NC1(CF)CCCN(c2ccc(F)cc2)CC1. The number of nitrogens with zero attached hydrogens (tertiary/aromatic N) is 1. The van der Waals surface area contributed by atoms with E-state index in [0.717, 1.165) is 25.2 Å². The maximum absolute atomic E-state index is 12.8. The van der Waals surface area contributed by atoms with Crippen LogP contribution in [-0.4, -0.2) is 25.3 Å². The fourth-order valence-electron chi connectivity index (χ4n) is 2.26. The van der Waals surface area contributed by atoms with Crippen LogP contribution in [-0.2, 0) is 0 Å². The van der Waals surface area contributed by atoms with Gasteiger partial charge < -0.3 is 10.6 Å². The van der Waals surface area contributed by atoms with Gasteiger partial charge in [-0.2, -0.15) is 0 Å². The molecule has 0 aliphatic carbocycles. The molecule has 1 atom stereocenters. The summed E-state index contributed by atoms with van der Waals surface area (Å²) in [6.45, 7) is 1.11. The number of hydrogen-bond donors (Lipinski definition) is 1. The molecule has 0 radical (unpaired) electrons. The summed E-state index contributed by atoms with van der Waals surface area (Å²) in [7, 11) is 0. The third-order valence-corrected chi connectivity index (χ3v) is 3.44. The van der Waals surface area contributed by atoms with E-state index in [-0.39, 0.29) is 5.82 Å². The van der Waals surface area contributed by atoms with Crippen LogP contribution in [0.25, 0.3) is 0 Å². The van der Waals surface area contributed by atoms with E-state index in [1.54, 1.807) is 12.1 Å². The number of nitrogens with two attached hydrogens (primary N) is 1. The van der Waals surface area contributed by atoms with E-state index in [1.807, 2.05) is 0 Å². The van der Waals surface area contributed by atoms with Crippen molar-refractivity contribution >= 4 is 5.69 Å². The van der Waals surface area contributed by atoms with Crippen LogP contribution in [0.15, 0.2) is 24.3 Å². The van der Waals surface area contributed by atoms with Crippen molar-refractivity contribution in [3.63, 3.8) is 0 Å². The molecular weight excluding hydrogens is 222 g/mol. The minimum absolute atomic E-state index is 0.236. The molecule has 0 saturated carbocycles. The molecular formula is C13H18F2N2. The van der Waals surface area contributed by atoms with Crippen molar-refractivity contribution in [3.05, 3.63) is 30.1 Å². The van der Waals surface area contributed by atoms with Crippen molar-refractivity contribution in [2.45, 2.75) is 24.8 Å². The number of anilines is 1. The Bertz CT molecular complexity index is 366. The summed E-state index contributed by atoms with van der Waals surface area (Å²) in [4.78, 5) is 2.14. The topological polar surface area (TPSA) is 29.3 Å². The summed E-state index contributed by atoms with van der Waals surface area (Å²) in [5.41, 5.74) is 6.27. The average Bonchev–Trinajstić information content (AvgIpc) is 2.53. The van der Waals surface area contributed by atoms with E-state index in [4.69, 9.17) is 5.73 Å². The molecule has 2 rings (SSSR count). The zero-order chi connectivity index (χ0) is 12.3.